The molecular formula is C14H23NO5S. The number of amides is 1. The Labute approximate surface area is 125 Å². The van der Waals surface area contributed by atoms with Crippen molar-refractivity contribution in [2.45, 2.75) is 51.0 Å². The zero-order valence-corrected chi connectivity index (χ0v) is 13.0. The van der Waals surface area contributed by atoms with Crippen LogP contribution in [-0.2, 0) is 19.4 Å². The molecule has 0 bridgehead atoms. The van der Waals surface area contributed by atoms with Crippen molar-refractivity contribution >= 4 is 21.7 Å². The van der Waals surface area contributed by atoms with Crippen molar-refractivity contribution in [3.63, 3.8) is 0 Å². The van der Waals surface area contributed by atoms with Crippen molar-refractivity contribution in [3.8, 4) is 0 Å². The van der Waals surface area contributed by atoms with Crippen LogP contribution in [0, 0.1) is 5.92 Å². The van der Waals surface area contributed by atoms with Crippen LogP contribution in [-0.4, -0.2) is 54.4 Å². The molecule has 1 amide bonds. The number of sulfone groups is 1. The van der Waals surface area contributed by atoms with Gasteiger partial charge < -0.3 is 10.0 Å². The molecule has 2 aliphatic rings. The second-order valence-electron chi connectivity index (χ2n) is 6.18. The van der Waals surface area contributed by atoms with E-state index in [0.29, 0.717) is 18.8 Å². The Balaban J connectivity index is 2.01. The van der Waals surface area contributed by atoms with Gasteiger partial charge >= 0.3 is 5.97 Å². The molecule has 2 rings (SSSR count). The van der Waals surface area contributed by atoms with E-state index in [0.717, 1.165) is 25.7 Å². The monoisotopic (exact) mass is 317 g/mol. The molecule has 2 fully saturated rings. The number of carboxylic acids is 1. The lowest BCUT2D eigenvalue weighted by atomic mass is 9.86. The van der Waals surface area contributed by atoms with Gasteiger partial charge in [0.1, 0.15) is 6.54 Å². The fraction of sp³-hybridized carbons (Fsp3) is 0.857. The van der Waals surface area contributed by atoms with Gasteiger partial charge in [0.25, 0.3) is 0 Å². The molecule has 0 aromatic rings. The van der Waals surface area contributed by atoms with Crippen LogP contribution in [0.25, 0.3) is 0 Å². The van der Waals surface area contributed by atoms with E-state index in [1.807, 2.05) is 0 Å². The summed E-state index contributed by atoms with van der Waals surface area (Å²) in [4.78, 5) is 24.7. The number of hydrogen-bond donors (Lipinski definition) is 1. The molecule has 0 radical (unpaired) electrons. The van der Waals surface area contributed by atoms with Crippen LogP contribution in [0.15, 0.2) is 0 Å². The highest BCUT2D eigenvalue weighted by Gasteiger charge is 2.36. The van der Waals surface area contributed by atoms with Gasteiger partial charge in [-0.05, 0) is 25.2 Å². The van der Waals surface area contributed by atoms with Gasteiger partial charge in [0.15, 0.2) is 9.84 Å². The van der Waals surface area contributed by atoms with Crippen LogP contribution in [0.1, 0.15) is 44.9 Å². The molecule has 1 heterocycles. The minimum Gasteiger partial charge on any atom is -0.480 e. The maximum absolute atomic E-state index is 12.4. The molecule has 120 valence electrons. The summed E-state index contributed by atoms with van der Waals surface area (Å²) in [5.74, 6) is -1.02. The summed E-state index contributed by atoms with van der Waals surface area (Å²) in [6, 6.07) is -0.470. The number of carbonyl (C=O) groups excluding carboxylic acids is 1. The number of aliphatic carboxylic acids is 1. The molecule has 1 saturated heterocycles. The average molecular weight is 317 g/mol. The van der Waals surface area contributed by atoms with Gasteiger partial charge in [-0.1, -0.05) is 19.3 Å². The minimum absolute atomic E-state index is 0.0461. The van der Waals surface area contributed by atoms with Crippen molar-refractivity contribution in [2.75, 3.05) is 18.1 Å². The van der Waals surface area contributed by atoms with Gasteiger partial charge in [-0.2, -0.15) is 0 Å². The fourth-order valence-corrected chi connectivity index (χ4v) is 5.07. The highest BCUT2D eigenvalue weighted by molar-refractivity contribution is 7.91. The summed E-state index contributed by atoms with van der Waals surface area (Å²) < 4.78 is 23.1. The topological polar surface area (TPSA) is 91.8 Å². The van der Waals surface area contributed by atoms with E-state index in [-0.39, 0.29) is 17.4 Å². The van der Waals surface area contributed by atoms with Gasteiger partial charge in [-0.3, -0.25) is 9.59 Å². The van der Waals surface area contributed by atoms with Crippen molar-refractivity contribution in [3.05, 3.63) is 0 Å². The summed E-state index contributed by atoms with van der Waals surface area (Å²) in [5, 5.41) is 8.99. The second-order valence-corrected chi connectivity index (χ2v) is 8.41. The molecule has 0 aromatic carbocycles. The number of carboxylic acid groups (broad SMARTS) is 1. The van der Waals surface area contributed by atoms with Gasteiger partial charge in [-0.15, -0.1) is 0 Å². The van der Waals surface area contributed by atoms with E-state index in [2.05, 4.69) is 0 Å². The first-order chi connectivity index (χ1) is 9.87. The summed E-state index contributed by atoms with van der Waals surface area (Å²) in [7, 11) is -3.13. The SMILES string of the molecule is O=C(O)CN(C(=O)CC1CCCCC1)C1CCS(=O)(=O)C1. The van der Waals surface area contributed by atoms with Crippen LogP contribution in [0.2, 0.25) is 0 Å². The van der Waals surface area contributed by atoms with Crippen LogP contribution >= 0.6 is 0 Å². The lowest BCUT2D eigenvalue weighted by Gasteiger charge is -2.29. The predicted octanol–water partition coefficient (Wildman–Crippen LogP) is 1.06. The summed E-state index contributed by atoms with van der Waals surface area (Å²) in [6.45, 7) is -0.397. The van der Waals surface area contributed by atoms with Crippen molar-refractivity contribution in [1.82, 2.24) is 4.90 Å². The molecule has 1 unspecified atom stereocenters. The van der Waals surface area contributed by atoms with Crippen LogP contribution in [0.5, 0.6) is 0 Å². The lowest BCUT2D eigenvalue weighted by molar-refractivity contribution is -0.146. The zero-order chi connectivity index (χ0) is 15.5. The molecule has 7 heteroatoms. The first kappa shape index (κ1) is 16.3. The Kier molecular flexibility index (Phi) is 5.24. The third kappa shape index (κ3) is 4.69. The Bertz CT molecular complexity index is 495. The molecule has 1 saturated carbocycles. The molecular weight excluding hydrogens is 294 g/mol. The first-order valence-corrected chi connectivity index (χ1v) is 9.41. The van der Waals surface area contributed by atoms with E-state index < -0.39 is 28.4 Å². The van der Waals surface area contributed by atoms with Crippen LogP contribution in [0.3, 0.4) is 0 Å². The van der Waals surface area contributed by atoms with E-state index in [1.165, 1.54) is 11.3 Å². The highest BCUT2D eigenvalue weighted by atomic mass is 32.2. The number of hydrogen-bond acceptors (Lipinski definition) is 4. The van der Waals surface area contributed by atoms with Crippen molar-refractivity contribution in [1.29, 1.82) is 0 Å². The molecule has 1 aliphatic heterocycles. The molecule has 0 spiro atoms. The maximum Gasteiger partial charge on any atom is 0.323 e. The minimum atomic E-state index is -3.13. The van der Waals surface area contributed by atoms with E-state index in [4.69, 9.17) is 5.11 Å². The van der Waals surface area contributed by atoms with Gasteiger partial charge in [-0.25, -0.2) is 8.42 Å². The Morgan fingerprint density at radius 2 is 1.76 bits per heavy atom. The number of rotatable bonds is 5. The maximum atomic E-state index is 12.4. The Morgan fingerprint density at radius 1 is 1.10 bits per heavy atom. The third-order valence-electron chi connectivity index (χ3n) is 4.46. The van der Waals surface area contributed by atoms with Crippen molar-refractivity contribution < 1.29 is 23.1 Å². The predicted molar refractivity (Wildman–Crippen MR) is 77.6 cm³/mol. The molecule has 0 aromatic heterocycles. The second kappa shape index (κ2) is 6.77. The van der Waals surface area contributed by atoms with Gasteiger partial charge in [0, 0.05) is 12.5 Å². The summed E-state index contributed by atoms with van der Waals surface area (Å²) in [5.41, 5.74) is 0. The number of nitrogens with zero attached hydrogens (tertiary/aromatic N) is 1. The molecule has 21 heavy (non-hydrogen) atoms. The summed E-state index contributed by atoms with van der Waals surface area (Å²) in [6.07, 6.45) is 6.16. The Hall–Kier alpha value is -1.11. The van der Waals surface area contributed by atoms with E-state index in [9.17, 15) is 18.0 Å². The van der Waals surface area contributed by atoms with E-state index in [1.54, 1.807) is 0 Å². The van der Waals surface area contributed by atoms with E-state index >= 15 is 0 Å². The third-order valence-corrected chi connectivity index (χ3v) is 6.21. The molecule has 1 aliphatic carbocycles. The molecule has 6 nitrogen and oxygen atoms in total. The van der Waals surface area contributed by atoms with Crippen molar-refractivity contribution in [2.24, 2.45) is 5.92 Å². The Morgan fingerprint density at radius 3 is 2.29 bits per heavy atom. The van der Waals surface area contributed by atoms with Crippen LogP contribution < -0.4 is 0 Å². The largest absolute Gasteiger partial charge is 0.480 e. The number of carbonyl (C=O) groups is 2. The summed E-state index contributed by atoms with van der Waals surface area (Å²) >= 11 is 0. The normalized spacial score (nSPS) is 25.6. The fourth-order valence-electron chi connectivity index (χ4n) is 3.34. The first-order valence-electron chi connectivity index (χ1n) is 7.59. The zero-order valence-electron chi connectivity index (χ0n) is 12.2. The standard InChI is InChI=1S/C14H23NO5S/c16-13(8-11-4-2-1-3-5-11)15(9-14(17)18)12-6-7-21(19,20)10-12/h11-12H,1-10H2,(H,17,18). The average Bonchev–Trinajstić information content (AvgIpc) is 2.77. The highest BCUT2D eigenvalue weighted by Crippen LogP contribution is 2.28. The smallest absolute Gasteiger partial charge is 0.323 e. The quantitative estimate of drug-likeness (QED) is 0.818. The lowest BCUT2D eigenvalue weighted by Crippen LogP contribution is -2.44. The van der Waals surface area contributed by atoms with Gasteiger partial charge in [0.2, 0.25) is 5.91 Å². The van der Waals surface area contributed by atoms with Gasteiger partial charge in [0.05, 0.1) is 11.5 Å². The molecule has 1 atom stereocenters. The molecule has 1 N–H and O–H groups in total. The van der Waals surface area contributed by atoms with Crippen LogP contribution in [0.4, 0.5) is 0 Å².